The number of likely N-dealkylation sites (N-methyl/N-ethyl adjacent to an activating group) is 1. The molecule has 0 unspecified atom stereocenters. The van der Waals surface area contributed by atoms with Crippen LogP contribution in [0.4, 0.5) is 11.6 Å². The van der Waals surface area contributed by atoms with Crippen LogP contribution >= 0.6 is 0 Å². The van der Waals surface area contributed by atoms with Crippen molar-refractivity contribution in [3.8, 4) is 11.4 Å². The molecule has 1 aliphatic heterocycles. The van der Waals surface area contributed by atoms with E-state index in [9.17, 15) is 0 Å². The number of hydrogen-bond acceptors (Lipinski definition) is 9. The van der Waals surface area contributed by atoms with Gasteiger partial charge in [0.2, 0.25) is 0 Å². The van der Waals surface area contributed by atoms with E-state index >= 15 is 0 Å². The summed E-state index contributed by atoms with van der Waals surface area (Å²) < 4.78 is 0. The summed E-state index contributed by atoms with van der Waals surface area (Å²) in [5, 5.41) is 3.36. The van der Waals surface area contributed by atoms with Crippen LogP contribution in [0.3, 0.4) is 0 Å². The lowest BCUT2D eigenvalue weighted by Crippen LogP contribution is -2.44. The van der Waals surface area contributed by atoms with Crippen LogP contribution in [-0.4, -0.2) is 68.0 Å². The summed E-state index contributed by atoms with van der Waals surface area (Å²) >= 11 is 0. The molecule has 4 heterocycles. The highest BCUT2D eigenvalue weighted by Gasteiger charge is 2.18. The van der Waals surface area contributed by atoms with E-state index in [1.165, 1.54) is 0 Å². The highest BCUT2D eigenvalue weighted by atomic mass is 15.3. The van der Waals surface area contributed by atoms with Gasteiger partial charge in [-0.25, -0.2) is 19.9 Å². The van der Waals surface area contributed by atoms with Crippen molar-refractivity contribution in [3.63, 3.8) is 0 Å². The minimum atomic E-state index is 0.482. The van der Waals surface area contributed by atoms with Gasteiger partial charge in [-0.05, 0) is 14.0 Å². The Morgan fingerprint density at radius 3 is 2.44 bits per heavy atom. The zero-order valence-corrected chi connectivity index (χ0v) is 18.2. The van der Waals surface area contributed by atoms with Gasteiger partial charge in [0, 0.05) is 37.9 Å². The topological polar surface area (TPSA) is 95.8 Å². The monoisotopic (exact) mass is 427 g/mol. The van der Waals surface area contributed by atoms with Gasteiger partial charge in [0.15, 0.2) is 22.8 Å². The van der Waals surface area contributed by atoms with Gasteiger partial charge in [0.25, 0.3) is 0 Å². The maximum Gasteiger partial charge on any atom is 0.186 e. The number of piperazine rings is 1. The maximum atomic E-state index is 4.86. The maximum absolute atomic E-state index is 4.86. The first-order valence-electron chi connectivity index (χ1n) is 10.7. The van der Waals surface area contributed by atoms with E-state index in [4.69, 9.17) is 19.9 Å². The highest BCUT2D eigenvalue weighted by Crippen LogP contribution is 2.25. The Bertz CT molecular complexity index is 1200. The van der Waals surface area contributed by atoms with Gasteiger partial charge in [0.05, 0.1) is 30.3 Å². The van der Waals surface area contributed by atoms with Gasteiger partial charge in [0.1, 0.15) is 5.82 Å². The summed E-state index contributed by atoms with van der Waals surface area (Å²) in [5.41, 5.74) is 3.86. The Labute approximate surface area is 186 Å². The molecule has 9 nitrogen and oxygen atoms in total. The van der Waals surface area contributed by atoms with Crippen molar-refractivity contribution in [1.82, 2.24) is 34.8 Å². The third-order valence-electron chi connectivity index (χ3n) is 5.53. The van der Waals surface area contributed by atoms with E-state index in [0.29, 0.717) is 29.4 Å². The van der Waals surface area contributed by atoms with Crippen LogP contribution in [0.1, 0.15) is 11.4 Å². The lowest BCUT2D eigenvalue weighted by molar-refractivity contribution is 0.312. The van der Waals surface area contributed by atoms with Gasteiger partial charge in [-0.1, -0.05) is 30.3 Å². The zero-order valence-electron chi connectivity index (χ0n) is 18.2. The Kier molecular flexibility index (Phi) is 5.55. The normalized spacial score (nSPS) is 14.6. The van der Waals surface area contributed by atoms with E-state index in [1.807, 2.05) is 43.5 Å². The zero-order chi connectivity index (χ0) is 21.9. The van der Waals surface area contributed by atoms with Gasteiger partial charge >= 0.3 is 0 Å². The molecule has 32 heavy (non-hydrogen) atoms. The van der Waals surface area contributed by atoms with Gasteiger partial charge < -0.3 is 15.1 Å². The lowest BCUT2D eigenvalue weighted by Gasteiger charge is -2.32. The molecule has 0 radical (unpaired) electrons. The largest absolute Gasteiger partial charge is 0.362 e. The Hall–Kier alpha value is -3.72. The Morgan fingerprint density at radius 2 is 1.69 bits per heavy atom. The molecule has 1 fully saturated rings. The molecule has 0 aliphatic carbocycles. The van der Waals surface area contributed by atoms with E-state index in [0.717, 1.165) is 48.9 Å². The van der Waals surface area contributed by atoms with Crippen molar-refractivity contribution in [2.45, 2.75) is 13.5 Å². The molecule has 5 rings (SSSR count). The molecular formula is C23H25N9. The number of nitrogens with zero attached hydrogens (tertiary/aromatic N) is 8. The summed E-state index contributed by atoms with van der Waals surface area (Å²) in [5.74, 6) is 2.09. The lowest BCUT2D eigenvalue weighted by atomic mass is 10.2. The molecule has 1 aromatic carbocycles. The molecule has 162 valence electrons. The number of benzene rings is 1. The summed E-state index contributed by atoms with van der Waals surface area (Å²) in [6.45, 7) is 6.25. The van der Waals surface area contributed by atoms with Crippen LogP contribution in [0.25, 0.3) is 22.6 Å². The van der Waals surface area contributed by atoms with E-state index in [-0.39, 0.29) is 0 Å². The first-order valence-corrected chi connectivity index (χ1v) is 10.7. The fourth-order valence-electron chi connectivity index (χ4n) is 3.61. The Balaban J connectivity index is 1.52. The molecule has 3 aromatic heterocycles. The molecule has 4 aromatic rings. The second-order valence-electron chi connectivity index (χ2n) is 7.96. The van der Waals surface area contributed by atoms with Gasteiger partial charge in [-0.3, -0.25) is 9.97 Å². The number of aromatic nitrogens is 6. The smallest absolute Gasteiger partial charge is 0.186 e. The van der Waals surface area contributed by atoms with Crippen molar-refractivity contribution < 1.29 is 0 Å². The molecule has 1 N–H and O–H groups in total. The summed E-state index contributed by atoms with van der Waals surface area (Å²) in [7, 11) is 2.14. The molecule has 1 saturated heterocycles. The first-order chi connectivity index (χ1) is 15.7. The van der Waals surface area contributed by atoms with E-state index in [2.05, 4.69) is 32.1 Å². The molecule has 0 saturated carbocycles. The first kappa shape index (κ1) is 20.2. The van der Waals surface area contributed by atoms with Gasteiger partial charge in [-0.15, -0.1) is 0 Å². The predicted molar refractivity (Wildman–Crippen MR) is 124 cm³/mol. The van der Waals surface area contributed by atoms with Crippen molar-refractivity contribution in [2.24, 2.45) is 0 Å². The van der Waals surface area contributed by atoms with E-state index in [1.54, 1.807) is 12.4 Å². The van der Waals surface area contributed by atoms with E-state index < -0.39 is 0 Å². The molecule has 0 atom stereocenters. The molecular weight excluding hydrogens is 402 g/mol. The van der Waals surface area contributed by atoms with Crippen LogP contribution < -0.4 is 10.2 Å². The highest BCUT2D eigenvalue weighted by molar-refractivity contribution is 5.85. The van der Waals surface area contributed by atoms with Crippen molar-refractivity contribution >= 4 is 22.8 Å². The summed E-state index contributed by atoms with van der Waals surface area (Å²) in [6, 6.07) is 9.92. The second kappa shape index (κ2) is 8.80. The average molecular weight is 428 g/mol. The molecule has 0 amide bonds. The minimum Gasteiger partial charge on any atom is -0.362 e. The van der Waals surface area contributed by atoms with Gasteiger partial charge in [-0.2, -0.15) is 0 Å². The molecule has 9 heteroatoms. The van der Waals surface area contributed by atoms with Crippen LogP contribution in [-0.2, 0) is 6.54 Å². The number of fused-ring (bicyclic) bond motifs is 1. The standard InChI is InChI=1S/C23H25N9/c1-16-12-25-18(13-24-16)14-27-22-20-23(30-21(29-22)17-6-4-3-5-7-17)28-19(15-26-20)32-10-8-31(2)9-11-32/h3-7,12-13,15H,8-11,14H2,1-2H3,(H,27,28,29,30). The van der Waals surface area contributed by atoms with Crippen LogP contribution in [0.15, 0.2) is 48.9 Å². The van der Waals surface area contributed by atoms with Crippen LogP contribution in [0.5, 0.6) is 0 Å². The Morgan fingerprint density at radius 1 is 0.875 bits per heavy atom. The fourth-order valence-corrected chi connectivity index (χ4v) is 3.61. The fraction of sp³-hybridized carbons (Fsp3) is 0.304. The van der Waals surface area contributed by atoms with Crippen molar-refractivity contribution in [3.05, 3.63) is 60.3 Å². The number of rotatable bonds is 5. The summed E-state index contributed by atoms with van der Waals surface area (Å²) in [6.07, 6.45) is 5.34. The number of aryl methyl sites for hydroxylation is 1. The van der Waals surface area contributed by atoms with Crippen molar-refractivity contribution in [2.75, 3.05) is 43.4 Å². The van der Waals surface area contributed by atoms with Crippen molar-refractivity contribution in [1.29, 1.82) is 0 Å². The average Bonchev–Trinajstić information content (AvgIpc) is 2.84. The molecule has 1 aliphatic rings. The minimum absolute atomic E-state index is 0.482. The predicted octanol–water partition coefficient (Wildman–Crippen LogP) is 2.55. The van der Waals surface area contributed by atoms with Crippen LogP contribution in [0.2, 0.25) is 0 Å². The number of nitrogens with one attached hydrogen (secondary N) is 1. The second-order valence-corrected chi connectivity index (χ2v) is 7.96. The third kappa shape index (κ3) is 4.33. The summed E-state index contributed by atoms with van der Waals surface area (Å²) in [4.78, 5) is 32.4. The molecule has 0 bridgehead atoms. The van der Waals surface area contributed by atoms with Crippen LogP contribution in [0, 0.1) is 6.92 Å². The quantitative estimate of drug-likeness (QED) is 0.515. The molecule has 0 spiro atoms. The number of anilines is 2. The third-order valence-corrected chi connectivity index (χ3v) is 5.53. The number of hydrogen-bond donors (Lipinski definition) is 1. The SMILES string of the molecule is Cc1cnc(CNc2nc(-c3ccccc3)nc3nc(N4CCN(C)CC4)cnc23)cn1.